The first-order valence-electron chi connectivity index (χ1n) is 10.5. The van der Waals surface area contributed by atoms with Crippen LogP contribution in [-0.2, 0) is 14.3 Å². The van der Waals surface area contributed by atoms with E-state index in [2.05, 4.69) is 0 Å². The minimum absolute atomic E-state index is 0.0791. The molecule has 2 amide bonds. The van der Waals surface area contributed by atoms with E-state index in [0.717, 1.165) is 22.3 Å². The summed E-state index contributed by atoms with van der Waals surface area (Å²) in [5.74, 6) is -8.03. The first-order chi connectivity index (χ1) is 16.4. The molecule has 1 fully saturated rings. The highest BCUT2D eigenvalue weighted by Crippen LogP contribution is 2.44. The lowest BCUT2D eigenvalue weighted by atomic mass is 9.98. The van der Waals surface area contributed by atoms with E-state index >= 15 is 0 Å². The number of halogens is 5. The highest BCUT2D eigenvalue weighted by atomic mass is 19.4. The second-order valence-corrected chi connectivity index (χ2v) is 8.32. The molecule has 0 spiro atoms. The number of hydrogen-bond acceptors (Lipinski definition) is 4. The van der Waals surface area contributed by atoms with Gasteiger partial charge in [0.1, 0.15) is 12.6 Å². The Balaban J connectivity index is 1.49. The molecular formula is C23H19F5N2O5. The molecule has 2 aliphatic rings. The molecule has 4 rings (SSSR count). The molecule has 2 aromatic carbocycles. The fraction of sp³-hybridized carbons (Fsp3) is 0.348. The fourth-order valence-electron chi connectivity index (χ4n) is 4.48. The number of rotatable bonds is 5. The largest absolute Gasteiger partial charge is 0.480 e. The normalized spacial score (nSPS) is 19.6. The molecule has 1 aliphatic carbocycles. The van der Waals surface area contributed by atoms with Gasteiger partial charge >= 0.3 is 18.2 Å². The quantitative estimate of drug-likeness (QED) is 0.612. The number of carbonyl (C=O) groups is 3. The summed E-state index contributed by atoms with van der Waals surface area (Å²) in [6.45, 7) is -1.86. The second kappa shape index (κ2) is 8.82. The van der Waals surface area contributed by atoms with Crippen molar-refractivity contribution in [3.63, 3.8) is 0 Å². The van der Waals surface area contributed by atoms with Crippen molar-refractivity contribution in [3.8, 4) is 11.1 Å². The number of amides is 2. The number of benzene rings is 2. The molecule has 2 aromatic rings. The number of fused-ring (bicyclic) bond motifs is 3. The third kappa shape index (κ3) is 4.77. The van der Waals surface area contributed by atoms with Crippen molar-refractivity contribution in [2.45, 2.75) is 36.5 Å². The van der Waals surface area contributed by atoms with Gasteiger partial charge in [-0.3, -0.25) is 4.79 Å². The van der Waals surface area contributed by atoms with Crippen molar-refractivity contribution in [3.05, 3.63) is 59.7 Å². The van der Waals surface area contributed by atoms with E-state index in [0.29, 0.717) is 0 Å². The van der Waals surface area contributed by atoms with Crippen LogP contribution in [0.4, 0.5) is 26.7 Å². The zero-order valence-corrected chi connectivity index (χ0v) is 17.9. The Morgan fingerprint density at radius 2 is 1.60 bits per heavy atom. The highest BCUT2D eigenvalue weighted by molar-refractivity contribution is 5.90. The number of likely N-dealkylation sites (tertiary alicyclic amines) is 1. The topological polar surface area (TPSA) is 95.9 Å². The summed E-state index contributed by atoms with van der Waals surface area (Å²) < 4.78 is 73.1. The average Bonchev–Trinajstić information content (AvgIpc) is 3.29. The molecule has 0 bridgehead atoms. The summed E-state index contributed by atoms with van der Waals surface area (Å²) in [6, 6.07) is 9.05. The zero-order chi connectivity index (χ0) is 25.5. The van der Waals surface area contributed by atoms with Gasteiger partial charge in [0.2, 0.25) is 6.04 Å². The van der Waals surface area contributed by atoms with Crippen molar-refractivity contribution < 1.29 is 46.2 Å². The first kappa shape index (κ1) is 24.4. The van der Waals surface area contributed by atoms with E-state index in [9.17, 15) is 36.3 Å². The van der Waals surface area contributed by atoms with Crippen LogP contribution in [0.5, 0.6) is 0 Å². The lowest BCUT2D eigenvalue weighted by Gasteiger charge is -2.28. The van der Waals surface area contributed by atoms with Gasteiger partial charge in [0, 0.05) is 12.3 Å². The van der Waals surface area contributed by atoms with E-state index in [1.54, 1.807) is 24.3 Å². The van der Waals surface area contributed by atoms with Gasteiger partial charge in [-0.1, -0.05) is 48.5 Å². The van der Waals surface area contributed by atoms with E-state index in [4.69, 9.17) is 9.84 Å². The molecule has 0 saturated carbocycles. The van der Waals surface area contributed by atoms with Gasteiger partial charge in [-0.05, 0) is 22.3 Å². The second-order valence-electron chi connectivity index (χ2n) is 8.32. The number of carboxylic acid groups (broad SMARTS) is 1. The van der Waals surface area contributed by atoms with E-state index in [1.807, 2.05) is 24.3 Å². The monoisotopic (exact) mass is 498 g/mol. The van der Waals surface area contributed by atoms with Crippen LogP contribution < -0.4 is 5.32 Å². The molecule has 0 radical (unpaired) electrons. The third-order valence-corrected chi connectivity index (χ3v) is 6.02. The summed E-state index contributed by atoms with van der Waals surface area (Å²) in [5.41, 5.74) is 3.37. The number of nitrogens with zero attached hydrogens (tertiary/aromatic N) is 1. The Morgan fingerprint density at radius 3 is 2.11 bits per heavy atom. The van der Waals surface area contributed by atoms with Crippen molar-refractivity contribution >= 4 is 18.0 Å². The van der Waals surface area contributed by atoms with E-state index < -0.39 is 61.0 Å². The fourth-order valence-corrected chi connectivity index (χ4v) is 4.48. The van der Waals surface area contributed by atoms with Crippen LogP contribution in [0.25, 0.3) is 11.1 Å². The number of carbonyl (C=O) groups excluding carboxylic acids is 2. The standard InChI is InChI=1S/C23H19F5N2O5/c24-22(25)9-17(20(32)33)30(11-22)19(31)18(23(26,27)28)29-21(34)35-10-16-14-7-3-1-5-12(14)13-6-2-4-8-15(13)16/h1-8,16-18H,9-11H2,(H,29,34)(H,32,33)/t17-,18?/m0/s1. The Labute approximate surface area is 195 Å². The van der Waals surface area contributed by atoms with Crippen LogP contribution in [0.2, 0.25) is 0 Å². The molecule has 1 unspecified atom stereocenters. The molecule has 0 aromatic heterocycles. The Kier molecular flexibility index (Phi) is 6.16. The summed E-state index contributed by atoms with van der Waals surface area (Å²) in [4.78, 5) is 35.9. The molecule has 2 N–H and O–H groups in total. The molecule has 1 heterocycles. The molecular weight excluding hydrogens is 479 g/mol. The van der Waals surface area contributed by atoms with Crippen LogP contribution in [0, 0.1) is 0 Å². The van der Waals surface area contributed by atoms with Gasteiger partial charge in [0.25, 0.3) is 11.8 Å². The maximum Gasteiger partial charge on any atom is 0.417 e. The van der Waals surface area contributed by atoms with Crippen LogP contribution >= 0.6 is 0 Å². The number of alkyl halides is 5. The Hall–Kier alpha value is -3.70. The zero-order valence-electron chi connectivity index (χ0n) is 17.9. The summed E-state index contributed by atoms with van der Waals surface area (Å²) in [5, 5.41) is 10.5. The van der Waals surface area contributed by atoms with Crippen LogP contribution in [-0.4, -0.2) is 65.3 Å². The van der Waals surface area contributed by atoms with Gasteiger partial charge < -0.3 is 20.1 Å². The predicted octanol–water partition coefficient (Wildman–Crippen LogP) is 3.78. The Morgan fingerprint density at radius 1 is 1.06 bits per heavy atom. The van der Waals surface area contributed by atoms with Crippen molar-refractivity contribution in [2.24, 2.45) is 0 Å². The molecule has 1 aliphatic heterocycles. The first-order valence-corrected chi connectivity index (χ1v) is 10.5. The molecule has 12 heteroatoms. The van der Waals surface area contributed by atoms with Gasteiger partial charge in [-0.15, -0.1) is 0 Å². The maximum atomic E-state index is 13.7. The highest BCUT2D eigenvalue weighted by Gasteiger charge is 2.56. The SMILES string of the molecule is O=C(NC(C(=O)N1CC(F)(F)C[C@H]1C(=O)O)C(F)(F)F)OCC1c2ccccc2-c2ccccc21. The minimum Gasteiger partial charge on any atom is -0.480 e. The summed E-state index contributed by atoms with van der Waals surface area (Å²) in [6.07, 6.45) is -8.31. The number of nitrogens with one attached hydrogen (secondary N) is 1. The molecule has 7 nitrogen and oxygen atoms in total. The van der Waals surface area contributed by atoms with Crippen molar-refractivity contribution in [1.29, 1.82) is 0 Å². The third-order valence-electron chi connectivity index (χ3n) is 6.02. The van der Waals surface area contributed by atoms with E-state index in [-0.39, 0.29) is 11.5 Å². The lowest BCUT2D eigenvalue weighted by Crippen LogP contribution is -2.58. The van der Waals surface area contributed by atoms with Crippen molar-refractivity contribution in [1.82, 2.24) is 10.2 Å². The van der Waals surface area contributed by atoms with Gasteiger partial charge in [-0.25, -0.2) is 18.4 Å². The lowest BCUT2D eigenvalue weighted by molar-refractivity contribution is -0.177. The van der Waals surface area contributed by atoms with E-state index in [1.165, 1.54) is 5.32 Å². The molecule has 186 valence electrons. The van der Waals surface area contributed by atoms with Gasteiger partial charge in [0.15, 0.2) is 0 Å². The number of ether oxygens (including phenoxy) is 1. The average molecular weight is 498 g/mol. The Bertz CT molecular complexity index is 1120. The molecule has 1 saturated heterocycles. The number of hydrogen-bond donors (Lipinski definition) is 2. The molecule has 2 atom stereocenters. The smallest absolute Gasteiger partial charge is 0.417 e. The summed E-state index contributed by atoms with van der Waals surface area (Å²) >= 11 is 0. The molecule has 35 heavy (non-hydrogen) atoms. The van der Waals surface area contributed by atoms with Crippen LogP contribution in [0.1, 0.15) is 23.5 Å². The van der Waals surface area contributed by atoms with Gasteiger partial charge in [0.05, 0.1) is 6.54 Å². The number of alkyl carbamates (subject to hydrolysis) is 1. The number of carboxylic acids is 1. The van der Waals surface area contributed by atoms with Crippen LogP contribution in [0.3, 0.4) is 0 Å². The van der Waals surface area contributed by atoms with Crippen LogP contribution in [0.15, 0.2) is 48.5 Å². The number of aliphatic carboxylic acids is 1. The minimum atomic E-state index is -5.39. The van der Waals surface area contributed by atoms with Crippen molar-refractivity contribution in [2.75, 3.05) is 13.2 Å². The summed E-state index contributed by atoms with van der Waals surface area (Å²) in [7, 11) is 0. The maximum absolute atomic E-state index is 13.7. The van der Waals surface area contributed by atoms with Gasteiger partial charge in [-0.2, -0.15) is 13.2 Å². The predicted molar refractivity (Wildman–Crippen MR) is 111 cm³/mol.